The fourth-order valence-electron chi connectivity index (χ4n) is 2.69. The maximum atomic E-state index is 12.7. The molecule has 0 radical (unpaired) electrons. The van der Waals surface area contributed by atoms with Gasteiger partial charge in [-0.1, -0.05) is 42.5 Å². The van der Waals surface area contributed by atoms with Gasteiger partial charge in [0.05, 0.1) is 12.0 Å². The maximum absolute atomic E-state index is 12.7. The van der Waals surface area contributed by atoms with E-state index in [4.69, 9.17) is 4.42 Å². The second kappa shape index (κ2) is 8.27. The summed E-state index contributed by atoms with van der Waals surface area (Å²) >= 11 is 0. The molecule has 2 aromatic carbocycles. The Morgan fingerprint density at radius 3 is 2.46 bits per heavy atom. The van der Waals surface area contributed by atoms with Crippen molar-refractivity contribution in [1.29, 1.82) is 0 Å². The molecule has 3 rings (SSSR count). The summed E-state index contributed by atoms with van der Waals surface area (Å²) in [5.41, 5.74) is 1.59. The van der Waals surface area contributed by atoms with Crippen molar-refractivity contribution in [2.45, 2.75) is 13.0 Å². The summed E-state index contributed by atoms with van der Waals surface area (Å²) in [7, 11) is 0. The largest absolute Gasteiger partial charge is 0.463 e. The number of nitrogens with two attached hydrogens (primary N) is 1. The highest BCUT2D eigenvalue weighted by molar-refractivity contribution is 6.13. The van der Waals surface area contributed by atoms with Gasteiger partial charge >= 0.3 is 0 Å². The van der Waals surface area contributed by atoms with Crippen molar-refractivity contribution in [3.63, 3.8) is 0 Å². The van der Waals surface area contributed by atoms with Crippen LogP contribution >= 0.6 is 0 Å². The molecule has 0 aliphatic heterocycles. The van der Waals surface area contributed by atoms with Crippen LogP contribution in [0.15, 0.2) is 77.4 Å². The number of anilines is 1. The summed E-state index contributed by atoms with van der Waals surface area (Å²) in [5.74, 6) is 0.531. The lowest BCUT2D eigenvalue weighted by molar-refractivity contribution is -0.684. The minimum absolute atomic E-state index is 0.0388. The molecule has 0 aliphatic rings. The number of benzene rings is 2. The highest BCUT2D eigenvalue weighted by Crippen LogP contribution is 2.19. The minimum Gasteiger partial charge on any atom is -0.463 e. The quantitative estimate of drug-likeness (QED) is 0.644. The van der Waals surface area contributed by atoms with Crippen LogP contribution < -0.4 is 10.6 Å². The van der Waals surface area contributed by atoms with Gasteiger partial charge in [0, 0.05) is 11.1 Å². The van der Waals surface area contributed by atoms with Crippen molar-refractivity contribution in [1.82, 2.24) is 0 Å². The van der Waals surface area contributed by atoms with Gasteiger partial charge in [-0.15, -0.1) is 0 Å². The molecule has 1 amide bonds. The maximum Gasteiger partial charge on any atom is 0.279 e. The number of rotatable bonds is 7. The molecule has 3 N–H and O–H groups in total. The van der Waals surface area contributed by atoms with E-state index < -0.39 is 0 Å². The molecular formula is C21H21N2O3+. The van der Waals surface area contributed by atoms with E-state index in [0.717, 1.165) is 5.76 Å². The zero-order valence-electron chi connectivity index (χ0n) is 14.5. The number of amides is 1. The second-order valence-corrected chi connectivity index (χ2v) is 6.03. The van der Waals surface area contributed by atoms with E-state index in [-0.39, 0.29) is 24.3 Å². The van der Waals surface area contributed by atoms with Gasteiger partial charge < -0.3 is 15.1 Å². The third-order valence-corrected chi connectivity index (χ3v) is 4.13. The average Bonchev–Trinajstić information content (AvgIpc) is 3.21. The van der Waals surface area contributed by atoms with Gasteiger partial charge in [-0.25, -0.2) is 0 Å². The summed E-state index contributed by atoms with van der Waals surface area (Å²) in [6.45, 7) is 2.20. The SMILES string of the molecule is C[C@@H]([NH2+]CC(=O)Nc1ccccc1C(=O)c1ccccc1)c1ccco1. The second-order valence-electron chi connectivity index (χ2n) is 6.03. The molecule has 0 fully saturated rings. The first-order chi connectivity index (χ1) is 12.6. The first kappa shape index (κ1) is 17.6. The number of carbonyl (C=O) groups excluding carboxylic acids is 2. The van der Waals surface area contributed by atoms with E-state index in [2.05, 4.69) is 5.32 Å². The Balaban J connectivity index is 1.66. The molecule has 0 aliphatic carbocycles. The topological polar surface area (TPSA) is 75.9 Å². The summed E-state index contributed by atoms with van der Waals surface area (Å²) in [5, 5.41) is 4.72. The van der Waals surface area contributed by atoms with E-state index in [9.17, 15) is 9.59 Å². The van der Waals surface area contributed by atoms with Gasteiger partial charge in [-0.05, 0) is 31.2 Å². The van der Waals surface area contributed by atoms with E-state index in [1.807, 2.05) is 42.6 Å². The van der Waals surface area contributed by atoms with Crippen molar-refractivity contribution < 1.29 is 19.3 Å². The Bertz CT molecular complexity index is 873. The number of hydrogen-bond acceptors (Lipinski definition) is 3. The van der Waals surface area contributed by atoms with Crippen LogP contribution in [0, 0.1) is 0 Å². The third kappa shape index (κ3) is 4.26. The van der Waals surface area contributed by atoms with Crippen LogP contribution in [0.3, 0.4) is 0 Å². The fourth-order valence-corrected chi connectivity index (χ4v) is 2.69. The van der Waals surface area contributed by atoms with Crippen LogP contribution in [0.1, 0.15) is 34.6 Å². The van der Waals surface area contributed by atoms with E-state index >= 15 is 0 Å². The molecular weight excluding hydrogens is 328 g/mol. The van der Waals surface area contributed by atoms with Crippen LogP contribution in [0.25, 0.3) is 0 Å². The molecule has 1 aromatic heterocycles. The average molecular weight is 349 g/mol. The highest BCUT2D eigenvalue weighted by atomic mass is 16.3. The van der Waals surface area contributed by atoms with E-state index in [1.165, 1.54) is 0 Å². The fraction of sp³-hybridized carbons (Fsp3) is 0.143. The minimum atomic E-state index is -0.170. The van der Waals surface area contributed by atoms with Gasteiger partial charge in [0.2, 0.25) is 0 Å². The van der Waals surface area contributed by atoms with E-state index in [0.29, 0.717) is 16.8 Å². The molecule has 1 heterocycles. The molecule has 132 valence electrons. The molecule has 0 saturated heterocycles. The number of quaternary nitrogens is 1. The Kier molecular flexibility index (Phi) is 5.61. The van der Waals surface area contributed by atoms with Crippen LogP contribution in [-0.2, 0) is 4.79 Å². The van der Waals surface area contributed by atoms with Crippen LogP contribution in [0.2, 0.25) is 0 Å². The van der Waals surface area contributed by atoms with Gasteiger partial charge in [0.15, 0.2) is 18.1 Å². The van der Waals surface area contributed by atoms with Crippen molar-refractivity contribution in [2.24, 2.45) is 0 Å². The predicted molar refractivity (Wildman–Crippen MR) is 98.9 cm³/mol. The van der Waals surface area contributed by atoms with Gasteiger partial charge in [-0.3, -0.25) is 9.59 Å². The van der Waals surface area contributed by atoms with Crippen molar-refractivity contribution >= 4 is 17.4 Å². The standard InChI is InChI=1S/C21H20N2O3/c1-15(19-12-7-13-26-19)22-14-20(24)23-18-11-6-5-10-17(18)21(25)16-8-3-2-4-9-16/h2-13,15,22H,14H2,1H3,(H,23,24)/p+1/t15-/m1/s1. The monoisotopic (exact) mass is 349 g/mol. The molecule has 1 atom stereocenters. The van der Waals surface area contributed by atoms with E-state index in [1.54, 1.807) is 42.7 Å². The molecule has 26 heavy (non-hydrogen) atoms. The summed E-state index contributed by atoms with van der Waals surface area (Å²) in [6.07, 6.45) is 1.62. The highest BCUT2D eigenvalue weighted by Gasteiger charge is 2.17. The van der Waals surface area contributed by atoms with Crippen molar-refractivity contribution in [2.75, 3.05) is 11.9 Å². The normalized spacial score (nSPS) is 11.7. The van der Waals surface area contributed by atoms with Crippen molar-refractivity contribution in [3.8, 4) is 0 Å². The first-order valence-corrected chi connectivity index (χ1v) is 8.50. The molecule has 5 heteroatoms. The first-order valence-electron chi connectivity index (χ1n) is 8.50. The zero-order chi connectivity index (χ0) is 18.4. The summed E-state index contributed by atoms with van der Waals surface area (Å²) < 4.78 is 5.34. The molecule has 0 spiro atoms. The number of furan rings is 1. The van der Waals surface area contributed by atoms with Crippen LogP contribution in [0.4, 0.5) is 5.69 Å². The Morgan fingerprint density at radius 2 is 1.73 bits per heavy atom. The Hall–Kier alpha value is -3.18. The lowest BCUT2D eigenvalue weighted by Gasteiger charge is -2.11. The number of carbonyl (C=O) groups is 2. The lowest BCUT2D eigenvalue weighted by atomic mass is 10.0. The predicted octanol–water partition coefficient (Wildman–Crippen LogP) is 2.77. The smallest absolute Gasteiger partial charge is 0.279 e. The van der Waals surface area contributed by atoms with Gasteiger partial charge in [-0.2, -0.15) is 0 Å². The summed E-state index contributed by atoms with van der Waals surface area (Å²) in [4.78, 5) is 25.0. The number of nitrogens with one attached hydrogen (secondary N) is 1. The van der Waals surface area contributed by atoms with Gasteiger partial charge in [0.1, 0.15) is 6.04 Å². The van der Waals surface area contributed by atoms with Gasteiger partial charge in [0.25, 0.3) is 5.91 Å². The number of hydrogen-bond donors (Lipinski definition) is 2. The molecule has 5 nitrogen and oxygen atoms in total. The summed E-state index contributed by atoms with van der Waals surface area (Å²) in [6, 6.07) is 19.8. The lowest BCUT2D eigenvalue weighted by Crippen LogP contribution is -2.86. The Morgan fingerprint density at radius 1 is 1.00 bits per heavy atom. The molecule has 0 unspecified atom stereocenters. The van der Waals surface area contributed by atoms with Crippen LogP contribution in [0.5, 0.6) is 0 Å². The number of para-hydroxylation sites is 1. The molecule has 0 bridgehead atoms. The number of ketones is 1. The van der Waals surface area contributed by atoms with Crippen LogP contribution in [-0.4, -0.2) is 18.2 Å². The van der Waals surface area contributed by atoms with Crippen molar-refractivity contribution in [3.05, 3.63) is 89.9 Å². The third-order valence-electron chi connectivity index (χ3n) is 4.13. The Labute approximate surface area is 152 Å². The molecule has 0 saturated carbocycles. The molecule has 3 aromatic rings. The zero-order valence-corrected chi connectivity index (χ0v) is 14.5.